The second-order valence-electron chi connectivity index (χ2n) is 9.68. The first kappa shape index (κ1) is 30.7. The van der Waals surface area contributed by atoms with Crippen molar-refractivity contribution in [3.63, 3.8) is 0 Å². The largest absolute Gasteiger partial charge is 0.497 e. The van der Waals surface area contributed by atoms with Gasteiger partial charge in [0.05, 0.1) is 17.7 Å². The lowest BCUT2D eigenvalue weighted by atomic mass is 10.1. The van der Waals surface area contributed by atoms with Crippen LogP contribution in [0.1, 0.15) is 43.4 Å². The van der Waals surface area contributed by atoms with Gasteiger partial charge in [-0.2, -0.15) is 0 Å². The number of aryl methyl sites for hydroxylation is 2. The molecule has 0 aliphatic rings. The number of benzene rings is 3. The molecule has 0 saturated heterocycles. The Bertz CT molecular complexity index is 1410. The molecule has 2 amide bonds. The van der Waals surface area contributed by atoms with E-state index in [9.17, 15) is 18.0 Å². The van der Waals surface area contributed by atoms with Gasteiger partial charge in [-0.15, -0.1) is 0 Å². The van der Waals surface area contributed by atoms with Gasteiger partial charge in [0, 0.05) is 13.1 Å². The number of nitrogens with zero attached hydrogens (tertiary/aromatic N) is 2. The Morgan fingerprint density at radius 2 is 1.65 bits per heavy atom. The van der Waals surface area contributed by atoms with Crippen molar-refractivity contribution in [2.45, 2.75) is 58.0 Å². The highest BCUT2D eigenvalue weighted by Gasteiger charge is 2.33. The monoisotopic (exact) mass is 565 g/mol. The molecule has 9 heteroatoms. The standard InChI is InChI=1S/C31H39N3O5S/c1-6-18-32-31(36)29(7-2)33(21-25-12-11-13-27(20-25)39-5)30(35)22-34(26-17-16-23(3)24(4)19-26)40(37,38)28-14-9-8-10-15-28/h8-17,19-20,29H,6-7,18,21-22H2,1-5H3,(H,32,36)/t29-/m1/s1. The van der Waals surface area contributed by atoms with Crippen molar-refractivity contribution in [1.82, 2.24) is 10.2 Å². The van der Waals surface area contributed by atoms with Crippen molar-refractivity contribution in [2.24, 2.45) is 0 Å². The maximum atomic E-state index is 14.1. The van der Waals surface area contributed by atoms with Gasteiger partial charge in [-0.1, -0.05) is 50.2 Å². The summed E-state index contributed by atoms with van der Waals surface area (Å²) in [6.45, 7) is 7.75. The van der Waals surface area contributed by atoms with Gasteiger partial charge in [-0.3, -0.25) is 13.9 Å². The number of hydrogen-bond acceptors (Lipinski definition) is 5. The predicted molar refractivity (Wildman–Crippen MR) is 158 cm³/mol. The van der Waals surface area contributed by atoms with E-state index in [1.807, 2.05) is 45.9 Å². The van der Waals surface area contributed by atoms with Crippen molar-refractivity contribution in [3.05, 3.63) is 89.5 Å². The molecule has 8 nitrogen and oxygen atoms in total. The van der Waals surface area contributed by atoms with Gasteiger partial charge in [0.2, 0.25) is 11.8 Å². The van der Waals surface area contributed by atoms with E-state index >= 15 is 0 Å². The molecule has 0 bridgehead atoms. The smallest absolute Gasteiger partial charge is 0.264 e. The fraction of sp³-hybridized carbons (Fsp3) is 0.355. The molecule has 0 unspecified atom stereocenters. The van der Waals surface area contributed by atoms with Crippen molar-refractivity contribution < 1.29 is 22.7 Å². The highest BCUT2D eigenvalue weighted by atomic mass is 32.2. The number of carbonyl (C=O) groups excluding carboxylic acids is 2. The summed E-state index contributed by atoms with van der Waals surface area (Å²) in [6.07, 6.45) is 1.11. The third kappa shape index (κ3) is 7.41. The second-order valence-corrected chi connectivity index (χ2v) is 11.5. The molecule has 0 spiro atoms. The number of nitrogens with one attached hydrogen (secondary N) is 1. The summed E-state index contributed by atoms with van der Waals surface area (Å²) in [5.41, 5.74) is 3.05. The molecule has 0 saturated carbocycles. The maximum Gasteiger partial charge on any atom is 0.264 e. The Hall–Kier alpha value is -3.85. The van der Waals surface area contributed by atoms with Gasteiger partial charge in [0.15, 0.2) is 0 Å². The van der Waals surface area contributed by atoms with E-state index in [4.69, 9.17) is 4.74 Å². The van der Waals surface area contributed by atoms with Gasteiger partial charge in [-0.05, 0) is 79.8 Å². The predicted octanol–water partition coefficient (Wildman–Crippen LogP) is 4.84. The summed E-state index contributed by atoms with van der Waals surface area (Å²) in [5.74, 6) is -0.139. The van der Waals surface area contributed by atoms with Crippen LogP contribution in [0.25, 0.3) is 0 Å². The van der Waals surface area contributed by atoms with Crippen LogP contribution in [0.2, 0.25) is 0 Å². The summed E-state index contributed by atoms with van der Waals surface area (Å²) in [5, 5.41) is 2.89. The van der Waals surface area contributed by atoms with E-state index in [1.165, 1.54) is 17.0 Å². The number of sulfonamides is 1. The molecule has 3 aromatic rings. The molecule has 3 rings (SSSR count). The Morgan fingerprint density at radius 1 is 0.925 bits per heavy atom. The molecule has 0 heterocycles. The van der Waals surface area contributed by atoms with Gasteiger partial charge < -0.3 is 15.0 Å². The zero-order chi connectivity index (χ0) is 29.3. The van der Waals surface area contributed by atoms with Crippen LogP contribution < -0.4 is 14.4 Å². The minimum atomic E-state index is -4.10. The van der Waals surface area contributed by atoms with Crippen LogP contribution in [0, 0.1) is 13.8 Å². The Balaban J connectivity index is 2.07. The fourth-order valence-electron chi connectivity index (χ4n) is 4.38. The highest BCUT2D eigenvalue weighted by Crippen LogP contribution is 2.27. The third-order valence-corrected chi connectivity index (χ3v) is 8.60. The summed E-state index contributed by atoms with van der Waals surface area (Å²) in [7, 11) is -2.54. The van der Waals surface area contributed by atoms with Crippen LogP contribution >= 0.6 is 0 Å². The van der Waals surface area contributed by atoms with Gasteiger partial charge in [-0.25, -0.2) is 8.42 Å². The van der Waals surface area contributed by atoms with Crippen LogP contribution in [-0.2, 0) is 26.2 Å². The zero-order valence-electron chi connectivity index (χ0n) is 23.9. The number of ether oxygens (including phenoxy) is 1. The van der Waals surface area contributed by atoms with Crippen molar-refractivity contribution in [1.29, 1.82) is 0 Å². The van der Waals surface area contributed by atoms with E-state index in [1.54, 1.807) is 49.6 Å². The fourth-order valence-corrected chi connectivity index (χ4v) is 5.81. The molecule has 0 radical (unpaired) electrons. The number of methoxy groups -OCH3 is 1. The van der Waals surface area contributed by atoms with Crippen LogP contribution in [0.5, 0.6) is 5.75 Å². The lowest BCUT2D eigenvalue weighted by Crippen LogP contribution is -2.52. The lowest BCUT2D eigenvalue weighted by Gasteiger charge is -2.33. The zero-order valence-corrected chi connectivity index (χ0v) is 24.7. The molecule has 214 valence electrons. The molecule has 3 aromatic carbocycles. The quantitative estimate of drug-likeness (QED) is 0.320. The third-order valence-electron chi connectivity index (χ3n) is 6.81. The van der Waals surface area contributed by atoms with Gasteiger partial charge in [0.1, 0.15) is 18.3 Å². The van der Waals surface area contributed by atoms with E-state index in [0.717, 1.165) is 27.4 Å². The van der Waals surface area contributed by atoms with Gasteiger partial charge in [0.25, 0.3) is 10.0 Å². The Labute approximate surface area is 238 Å². The first-order valence-electron chi connectivity index (χ1n) is 13.5. The average Bonchev–Trinajstić information content (AvgIpc) is 2.96. The molecule has 40 heavy (non-hydrogen) atoms. The summed E-state index contributed by atoms with van der Waals surface area (Å²) in [4.78, 5) is 28.8. The normalized spacial score (nSPS) is 11.9. The van der Waals surface area contributed by atoms with Crippen molar-refractivity contribution >= 4 is 27.5 Å². The number of rotatable bonds is 13. The van der Waals surface area contributed by atoms with Gasteiger partial charge >= 0.3 is 0 Å². The van der Waals surface area contributed by atoms with E-state index in [-0.39, 0.29) is 17.3 Å². The number of anilines is 1. The van der Waals surface area contributed by atoms with E-state index in [2.05, 4.69) is 5.32 Å². The maximum absolute atomic E-state index is 14.1. The minimum absolute atomic E-state index is 0.0769. The van der Waals surface area contributed by atoms with Crippen LogP contribution in [0.15, 0.2) is 77.7 Å². The topological polar surface area (TPSA) is 96.0 Å². The van der Waals surface area contributed by atoms with Crippen LogP contribution in [-0.4, -0.2) is 51.4 Å². The Kier molecular flexibility index (Phi) is 10.7. The van der Waals surface area contributed by atoms with E-state index in [0.29, 0.717) is 24.4 Å². The molecule has 1 atom stereocenters. The summed E-state index contributed by atoms with van der Waals surface area (Å²) >= 11 is 0. The first-order chi connectivity index (χ1) is 19.1. The second kappa shape index (κ2) is 14.0. The number of amides is 2. The number of carbonyl (C=O) groups is 2. The molecular formula is C31H39N3O5S. The SMILES string of the molecule is CCCNC(=O)[C@@H](CC)N(Cc1cccc(OC)c1)C(=O)CN(c1ccc(C)c(C)c1)S(=O)(=O)c1ccccc1. The number of hydrogen-bond donors (Lipinski definition) is 1. The van der Waals surface area contributed by atoms with Crippen LogP contribution in [0.4, 0.5) is 5.69 Å². The lowest BCUT2D eigenvalue weighted by molar-refractivity contribution is -0.140. The first-order valence-corrected chi connectivity index (χ1v) is 14.9. The molecule has 0 aromatic heterocycles. The van der Waals surface area contributed by atoms with Crippen molar-refractivity contribution in [2.75, 3.05) is 24.5 Å². The molecular weight excluding hydrogens is 526 g/mol. The van der Waals surface area contributed by atoms with Crippen LogP contribution in [0.3, 0.4) is 0 Å². The molecule has 1 N–H and O–H groups in total. The highest BCUT2D eigenvalue weighted by molar-refractivity contribution is 7.92. The summed E-state index contributed by atoms with van der Waals surface area (Å²) in [6, 6.07) is 19.8. The van der Waals surface area contributed by atoms with Crippen molar-refractivity contribution in [3.8, 4) is 5.75 Å². The summed E-state index contributed by atoms with van der Waals surface area (Å²) < 4.78 is 34.3. The molecule has 0 aliphatic heterocycles. The van der Waals surface area contributed by atoms with E-state index < -0.39 is 28.5 Å². The average molecular weight is 566 g/mol. The molecule has 0 aliphatic carbocycles. The Morgan fingerprint density at radius 3 is 2.27 bits per heavy atom. The molecule has 0 fully saturated rings. The minimum Gasteiger partial charge on any atom is -0.497 e.